The third-order valence-corrected chi connectivity index (χ3v) is 5.94. The highest BCUT2D eigenvalue weighted by molar-refractivity contribution is 5.25. The van der Waals surface area contributed by atoms with E-state index in [1.165, 1.54) is 50.5 Å². The maximum absolute atomic E-state index is 13.6. The van der Waals surface area contributed by atoms with Crippen LogP contribution in [0.5, 0.6) is 0 Å². The minimum atomic E-state index is -0.0899. The smallest absolute Gasteiger partial charge is 0.123 e. The van der Waals surface area contributed by atoms with Gasteiger partial charge in [0.1, 0.15) is 5.82 Å². The van der Waals surface area contributed by atoms with Gasteiger partial charge in [-0.1, -0.05) is 31.9 Å². The molecule has 2 aliphatic rings. The predicted molar refractivity (Wildman–Crippen MR) is 85.9 cm³/mol. The fourth-order valence-corrected chi connectivity index (χ4v) is 4.72. The Morgan fingerprint density at radius 3 is 2.76 bits per heavy atom. The first-order chi connectivity index (χ1) is 10.2. The highest BCUT2D eigenvalue weighted by Gasteiger charge is 2.43. The maximum atomic E-state index is 13.6. The molecule has 116 valence electrons. The Balaban J connectivity index is 1.79. The van der Waals surface area contributed by atoms with Crippen LogP contribution in [0, 0.1) is 17.2 Å². The van der Waals surface area contributed by atoms with E-state index in [1.54, 1.807) is 12.1 Å². The molecule has 1 saturated carbocycles. The average molecular weight is 289 g/mol. The van der Waals surface area contributed by atoms with E-state index >= 15 is 0 Å². The Hall–Kier alpha value is -0.890. The summed E-state index contributed by atoms with van der Waals surface area (Å²) in [5.41, 5.74) is 1.62. The summed E-state index contributed by atoms with van der Waals surface area (Å²) in [5.74, 6) is 1.33. The van der Waals surface area contributed by atoms with E-state index in [2.05, 4.69) is 18.3 Å². The molecule has 2 heteroatoms. The molecule has 1 aromatic carbocycles. The van der Waals surface area contributed by atoms with Gasteiger partial charge in [0.15, 0.2) is 0 Å². The molecule has 0 radical (unpaired) electrons. The molecule has 1 heterocycles. The minimum Gasteiger partial charge on any atom is -0.316 e. The van der Waals surface area contributed by atoms with Gasteiger partial charge in [0.05, 0.1) is 0 Å². The zero-order chi connectivity index (χ0) is 14.7. The van der Waals surface area contributed by atoms with Gasteiger partial charge in [-0.2, -0.15) is 0 Å². The van der Waals surface area contributed by atoms with Gasteiger partial charge < -0.3 is 5.32 Å². The number of benzene rings is 1. The summed E-state index contributed by atoms with van der Waals surface area (Å²) in [6.45, 7) is 4.44. The summed E-state index contributed by atoms with van der Waals surface area (Å²) >= 11 is 0. The van der Waals surface area contributed by atoms with E-state index in [-0.39, 0.29) is 5.82 Å². The molecular weight excluding hydrogens is 261 g/mol. The first kappa shape index (κ1) is 15.0. The average Bonchev–Trinajstić information content (AvgIpc) is 2.50. The molecule has 2 fully saturated rings. The molecule has 1 nitrogen and oxygen atoms in total. The number of hydrogen-bond acceptors (Lipinski definition) is 1. The Kier molecular flexibility index (Phi) is 4.63. The van der Waals surface area contributed by atoms with Gasteiger partial charge in [0.25, 0.3) is 0 Å². The molecule has 0 aromatic heterocycles. The molecule has 1 saturated heterocycles. The molecule has 0 amide bonds. The van der Waals surface area contributed by atoms with Crippen molar-refractivity contribution in [3.05, 3.63) is 35.6 Å². The van der Waals surface area contributed by atoms with Crippen molar-refractivity contribution in [1.29, 1.82) is 0 Å². The van der Waals surface area contributed by atoms with Crippen LogP contribution in [0.4, 0.5) is 4.39 Å². The van der Waals surface area contributed by atoms with Gasteiger partial charge in [-0.15, -0.1) is 0 Å². The number of rotatable bonds is 3. The van der Waals surface area contributed by atoms with Gasteiger partial charge in [-0.3, -0.25) is 0 Å². The number of piperidine rings is 1. The molecule has 1 spiro atoms. The second-order valence-corrected chi connectivity index (χ2v) is 7.16. The predicted octanol–water partition coefficient (Wildman–Crippen LogP) is 4.88. The van der Waals surface area contributed by atoms with Crippen LogP contribution in [0.25, 0.3) is 0 Å². The van der Waals surface area contributed by atoms with Crippen molar-refractivity contribution in [3.63, 3.8) is 0 Å². The van der Waals surface area contributed by atoms with Gasteiger partial charge in [0, 0.05) is 12.5 Å². The summed E-state index contributed by atoms with van der Waals surface area (Å²) in [4.78, 5) is 0. The normalized spacial score (nSPS) is 33.2. The van der Waals surface area contributed by atoms with Crippen molar-refractivity contribution < 1.29 is 4.39 Å². The molecule has 0 bridgehead atoms. The maximum Gasteiger partial charge on any atom is 0.123 e. The largest absolute Gasteiger partial charge is 0.316 e. The molecular formula is C19H28FN. The molecule has 1 unspecified atom stereocenters. The summed E-state index contributed by atoms with van der Waals surface area (Å²) in [6.07, 6.45) is 9.37. The van der Waals surface area contributed by atoms with E-state index in [4.69, 9.17) is 0 Å². The molecule has 1 aliphatic heterocycles. The van der Waals surface area contributed by atoms with Crippen LogP contribution in [0.15, 0.2) is 24.3 Å². The Labute approximate surface area is 128 Å². The van der Waals surface area contributed by atoms with Crippen molar-refractivity contribution in [3.8, 4) is 0 Å². The zero-order valence-electron chi connectivity index (χ0n) is 13.2. The Morgan fingerprint density at radius 2 is 2.05 bits per heavy atom. The monoisotopic (exact) mass is 289 g/mol. The molecule has 1 aliphatic carbocycles. The van der Waals surface area contributed by atoms with Gasteiger partial charge in [-0.25, -0.2) is 4.39 Å². The van der Waals surface area contributed by atoms with Crippen LogP contribution in [0.3, 0.4) is 0 Å². The van der Waals surface area contributed by atoms with E-state index in [0.717, 1.165) is 19.0 Å². The second kappa shape index (κ2) is 6.48. The van der Waals surface area contributed by atoms with Crippen LogP contribution >= 0.6 is 0 Å². The van der Waals surface area contributed by atoms with Gasteiger partial charge in [-0.05, 0) is 67.7 Å². The lowest BCUT2D eigenvalue weighted by atomic mass is 9.58. The lowest BCUT2D eigenvalue weighted by molar-refractivity contribution is 0.0767. The lowest BCUT2D eigenvalue weighted by Crippen LogP contribution is -2.45. The third kappa shape index (κ3) is 3.15. The van der Waals surface area contributed by atoms with Crippen molar-refractivity contribution >= 4 is 0 Å². The summed E-state index contributed by atoms with van der Waals surface area (Å²) in [7, 11) is 0. The topological polar surface area (TPSA) is 12.0 Å². The van der Waals surface area contributed by atoms with Crippen LogP contribution in [0.2, 0.25) is 0 Å². The van der Waals surface area contributed by atoms with Gasteiger partial charge in [0.2, 0.25) is 0 Å². The number of nitrogens with one attached hydrogen (secondary N) is 1. The van der Waals surface area contributed by atoms with Crippen LogP contribution in [-0.4, -0.2) is 13.1 Å². The Morgan fingerprint density at radius 1 is 1.24 bits per heavy atom. The summed E-state index contributed by atoms with van der Waals surface area (Å²) in [5, 5.41) is 3.54. The van der Waals surface area contributed by atoms with E-state index in [1.807, 2.05) is 6.07 Å². The highest BCUT2D eigenvalue weighted by atomic mass is 19.1. The first-order valence-electron chi connectivity index (χ1n) is 8.70. The SMILES string of the molecule is CCCC1CCC2(CCNCC2c2cccc(F)c2)CC1. The molecule has 1 atom stereocenters. The minimum absolute atomic E-state index is 0.0899. The molecule has 21 heavy (non-hydrogen) atoms. The lowest BCUT2D eigenvalue weighted by Gasteiger charge is -2.49. The third-order valence-electron chi connectivity index (χ3n) is 5.94. The van der Waals surface area contributed by atoms with Crippen LogP contribution < -0.4 is 5.32 Å². The zero-order valence-corrected chi connectivity index (χ0v) is 13.2. The van der Waals surface area contributed by atoms with Crippen molar-refractivity contribution in [2.24, 2.45) is 11.3 Å². The van der Waals surface area contributed by atoms with Crippen molar-refractivity contribution in [2.45, 2.75) is 57.8 Å². The quantitative estimate of drug-likeness (QED) is 0.836. The van der Waals surface area contributed by atoms with Crippen LogP contribution in [0.1, 0.15) is 63.4 Å². The molecule has 3 rings (SSSR count). The number of hydrogen-bond donors (Lipinski definition) is 1. The second-order valence-electron chi connectivity index (χ2n) is 7.16. The molecule has 1 aromatic rings. The highest BCUT2D eigenvalue weighted by Crippen LogP contribution is 2.52. The van der Waals surface area contributed by atoms with Crippen molar-refractivity contribution in [1.82, 2.24) is 5.32 Å². The fraction of sp³-hybridized carbons (Fsp3) is 0.684. The van der Waals surface area contributed by atoms with Gasteiger partial charge >= 0.3 is 0 Å². The standard InChI is InChI=1S/C19H28FN/c1-2-4-15-7-9-19(10-8-15)11-12-21-14-18(19)16-5-3-6-17(20)13-16/h3,5-6,13,15,18,21H,2,4,7-12,14H2,1H3. The summed E-state index contributed by atoms with van der Waals surface area (Å²) < 4.78 is 13.6. The Bertz CT molecular complexity index is 462. The number of halogens is 1. The van der Waals surface area contributed by atoms with Crippen molar-refractivity contribution in [2.75, 3.05) is 13.1 Å². The van der Waals surface area contributed by atoms with Crippen LogP contribution in [-0.2, 0) is 0 Å². The van der Waals surface area contributed by atoms with E-state index in [9.17, 15) is 4.39 Å². The first-order valence-corrected chi connectivity index (χ1v) is 8.70. The van der Waals surface area contributed by atoms with E-state index in [0.29, 0.717) is 11.3 Å². The summed E-state index contributed by atoms with van der Waals surface area (Å²) in [6, 6.07) is 7.32. The van der Waals surface area contributed by atoms with E-state index < -0.39 is 0 Å². The molecule has 1 N–H and O–H groups in total. The fourth-order valence-electron chi connectivity index (χ4n) is 4.72.